The van der Waals surface area contributed by atoms with Crippen LogP contribution in [0.4, 0.5) is 0 Å². The van der Waals surface area contributed by atoms with E-state index in [0.29, 0.717) is 9.04 Å². The molecule has 2 radical (unpaired) electrons. The van der Waals surface area contributed by atoms with Crippen molar-refractivity contribution < 1.29 is 13.3 Å². The van der Waals surface area contributed by atoms with Crippen molar-refractivity contribution in [1.29, 1.82) is 0 Å². The Morgan fingerprint density at radius 3 is 2.00 bits per heavy atom. The third kappa shape index (κ3) is 4.06. The average Bonchev–Trinajstić information content (AvgIpc) is 2.14. The van der Waals surface area contributed by atoms with E-state index in [4.69, 9.17) is 13.3 Å². The van der Waals surface area contributed by atoms with Crippen molar-refractivity contribution in [3.8, 4) is 0 Å². The summed E-state index contributed by atoms with van der Waals surface area (Å²) in [6.07, 6.45) is 1.09. The van der Waals surface area contributed by atoms with Crippen molar-refractivity contribution in [3.05, 3.63) is 0 Å². The van der Waals surface area contributed by atoms with Crippen molar-refractivity contribution in [3.63, 3.8) is 0 Å². The molecule has 0 aromatic carbocycles. The van der Waals surface area contributed by atoms with Crippen LogP contribution in [-0.2, 0) is 13.3 Å². The zero-order valence-corrected chi connectivity index (χ0v) is 10.7. The van der Waals surface area contributed by atoms with Gasteiger partial charge in [0.2, 0.25) is 0 Å². The van der Waals surface area contributed by atoms with E-state index >= 15 is 0 Å². The van der Waals surface area contributed by atoms with E-state index in [-0.39, 0.29) is 0 Å². The third-order valence-electron chi connectivity index (χ3n) is 1.48. The second-order valence-electron chi connectivity index (χ2n) is 2.17. The minimum Gasteiger partial charge on any atom is -0.380 e. The van der Waals surface area contributed by atoms with E-state index < -0.39 is 8.32 Å². The standard InChI is InChI=1S/C6H16O3SSi2/c1-7-12(8-2,9-3)11-6-4-5-10/h10H,4-6H2,1-3H3. The summed E-state index contributed by atoms with van der Waals surface area (Å²) in [4.78, 5) is 0. The largest absolute Gasteiger partial charge is 0.463 e. The second kappa shape index (κ2) is 7.10. The van der Waals surface area contributed by atoms with Crippen molar-refractivity contribution in [2.45, 2.75) is 12.5 Å². The lowest BCUT2D eigenvalue weighted by atomic mass is 10.6. The molecule has 6 heteroatoms. The maximum Gasteiger partial charge on any atom is 0.463 e. The van der Waals surface area contributed by atoms with E-state index in [0.717, 1.165) is 18.2 Å². The van der Waals surface area contributed by atoms with Crippen LogP contribution < -0.4 is 0 Å². The summed E-state index contributed by atoms with van der Waals surface area (Å²) in [6.45, 7) is 0. The van der Waals surface area contributed by atoms with Crippen LogP contribution in [-0.4, -0.2) is 44.4 Å². The summed E-state index contributed by atoms with van der Waals surface area (Å²) in [5, 5.41) is 0. The maximum atomic E-state index is 5.26. The van der Waals surface area contributed by atoms with Gasteiger partial charge in [-0.05, 0) is 12.2 Å². The van der Waals surface area contributed by atoms with E-state index in [9.17, 15) is 0 Å². The second-order valence-corrected chi connectivity index (χ2v) is 8.71. The van der Waals surface area contributed by atoms with Crippen molar-refractivity contribution >= 4 is 30.0 Å². The first-order valence-electron chi connectivity index (χ1n) is 3.76. The molecule has 0 heterocycles. The highest BCUT2D eigenvalue weighted by molar-refractivity contribution is 7.80. The molecule has 0 fully saturated rings. The summed E-state index contributed by atoms with van der Waals surface area (Å²) in [7, 11) is 3.30. The topological polar surface area (TPSA) is 27.7 Å². The molecular weight excluding hydrogens is 208 g/mol. The molecule has 0 saturated carbocycles. The smallest absolute Gasteiger partial charge is 0.380 e. The molecule has 72 valence electrons. The molecule has 12 heavy (non-hydrogen) atoms. The molecule has 0 amide bonds. The fourth-order valence-corrected chi connectivity index (χ4v) is 5.58. The van der Waals surface area contributed by atoms with Crippen LogP contribution in [0.25, 0.3) is 0 Å². The Hall–Kier alpha value is 0.664. The number of rotatable bonds is 7. The summed E-state index contributed by atoms with van der Waals surface area (Å²) >= 11 is 4.14. The summed E-state index contributed by atoms with van der Waals surface area (Å²) < 4.78 is 15.8. The molecule has 0 aliphatic rings. The van der Waals surface area contributed by atoms with Gasteiger partial charge in [0.25, 0.3) is 0 Å². The average molecular weight is 224 g/mol. The van der Waals surface area contributed by atoms with Gasteiger partial charge >= 0.3 is 8.32 Å². The van der Waals surface area contributed by atoms with Gasteiger partial charge in [0.1, 0.15) is 9.04 Å². The van der Waals surface area contributed by atoms with Crippen LogP contribution >= 0.6 is 12.6 Å². The predicted molar refractivity (Wildman–Crippen MR) is 55.8 cm³/mol. The summed E-state index contributed by atoms with van der Waals surface area (Å²) in [5.74, 6) is 0.911. The normalized spacial score (nSPS) is 12.0. The third-order valence-corrected chi connectivity index (χ3v) is 8.33. The van der Waals surface area contributed by atoms with Gasteiger partial charge in [-0.3, -0.25) is 0 Å². The molecule has 0 atom stereocenters. The quantitative estimate of drug-likeness (QED) is 0.394. The Balaban J connectivity index is 3.76. The molecule has 0 N–H and O–H groups in total. The molecule has 0 aromatic heterocycles. The van der Waals surface area contributed by atoms with E-state index in [1.54, 1.807) is 21.3 Å². The Morgan fingerprint density at radius 1 is 1.17 bits per heavy atom. The molecule has 0 aliphatic carbocycles. The van der Waals surface area contributed by atoms with Crippen molar-refractivity contribution in [1.82, 2.24) is 0 Å². The lowest BCUT2D eigenvalue weighted by Gasteiger charge is -2.23. The molecule has 0 rings (SSSR count). The summed E-state index contributed by atoms with van der Waals surface area (Å²) in [5.41, 5.74) is 0. The Labute approximate surface area is 83.2 Å². The minimum absolute atomic E-state index is 0.624. The zero-order valence-electron chi connectivity index (χ0n) is 7.79. The van der Waals surface area contributed by atoms with Crippen LogP contribution in [0.5, 0.6) is 0 Å². The number of hydrogen-bond acceptors (Lipinski definition) is 4. The van der Waals surface area contributed by atoms with Gasteiger partial charge in [-0.2, -0.15) is 12.6 Å². The summed E-state index contributed by atoms with van der Waals surface area (Å²) in [6, 6.07) is 1.07. The number of hydrogen-bond donors (Lipinski definition) is 1. The van der Waals surface area contributed by atoms with Crippen molar-refractivity contribution in [2.75, 3.05) is 27.1 Å². The van der Waals surface area contributed by atoms with Gasteiger partial charge in [-0.1, -0.05) is 6.04 Å². The van der Waals surface area contributed by atoms with Crippen LogP contribution in [0, 0.1) is 0 Å². The van der Waals surface area contributed by atoms with Crippen LogP contribution in [0.15, 0.2) is 0 Å². The highest BCUT2D eigenvalue weighted by Gasteiger charge is 2.36. The highest BCUT2D eigenvalue weighted by atomic mass is 32.1. The first-order chi connectivity index (χ1) is 5.74. The highest BCUT2D eigenvalue weighted by Crippen LogP contribution is 2.07. The lowest BCUT2D eigenvalue weighted by molar-refractivity contribution is 0.148. The van der Waals surface area contributed by atoms with E-state index in [1.807, 2.05) is 0 Å². The molecular formula is C6H16O3SSi2. The minimum atomic E-state index is -2.26. The van der Waals surface area contributed by atoms with Gasteiger partial charge in [0.15, 0.2) is 0 Å². The molecule has 0 unspecified atom stereocenters. The van der Waals surface area contributed by atoms with Gasteiger partial charge in [0, 0.05) is 21.3 Å². The first-order valence-corrected chi connectivity index (χ1v) is 8.32. The Morgan fingerprint density at radius 2 is 1.67 bits per heavy atom. The van der Waals surface area contributed by atoms with Gasteiger partial charge in [-0.25, -0.2) is 0 Å². The van der Waals surface area contributed by atoms with Gasteiger partial charge < -0.3 is 13.3 Å². The molecule has 0 saturated heterocycles. The van der Waals surface area contributed by atoms with Crippen LogP contribution in [0.2, 0.25) is 6.04 Å². The van der Waals surface area contributed by atoms with Gasteiger partial charge in [0.05, 0.1) is 0 Å². The Bertz CT molecular complexity index is 103. The SMILES string of the molecule is CO[Si](OC)(OC)[Si]CCCS. The monoisotopic (exact) mass is 224 g/mol. The maximum absolute atomic E-state index is 5.26. The van der Waals surface area contributed by atoms with E-state index in [1.165, 1.54) is 0 Å². The molecule has 0 aliphatic heterocycles. The lowest BCUT2D eigenvalue weighted by Crippen LogP contribution is -2.49. The van der Waals surface area contributed by atoms with E-state index in [2.05, 4.69) is 12.6 Å². The van der Waals surface area contributed by atoms with Crippen LogP contribution in [0.1, 0.15) is 6.42 Å². The number of thiol groups is 1. The molecule has 0 bridgehead atoms. The molecule has 3 nitrogen and oxygen atoms in total. The first kappa shape index (κ1) is 12.7. The van der Waals surface area contributed by atoms with Crippen LogP contribution in [0.3, 0.4) is 0 Å². The fraction of sp³-hybridized carbons (Fsp3) is 1.00. The predicted octanol–water partition coefficient (Wildman–Crippen LogP) is 0.804. The molecule has 0 spiro atoms. The Kier molecular flexibility index (Phi) is 7.50. The molecule has 0 aromatic rings. The fourth-order valence-electron chi connectivity index (χ4n) is 0.787. The van der Waals surface area contributed by atoms with Crippen molar-refractivity contribution in [2.24, 2.45) is 0 Å². The van der Waals surface area contributed by atoms with Gasteiger partial charge in [-0.15, -0.1) is 0 Å². The zero-order chi connectivity index (χ0) is 9.45.